The largest absolute Gasteiger partial charge is 0.391 e. The van der Waals surface area contributed by atoms with Crippen LogP contribution in [0, 0.1) is 5.41 Å². The number of hydrogen-bond donors (Lipinski definition) is 3. The van der Waals surface area contributed by atoms with Crippen molar-refractivity contribution in [2.24, 2.45) is 5.41 Å². The molecule has 1 fully saturated rings. The van der Waals surface area contributed by atoms with Crippen LogP contribution in [0.1, 0.15) is 27.2 Å². The van der Waals surface area contributed by atoms with Crippen molar-refractivity contribution < 1.29 is 9.90 Å². The zero-order valence-electron chi connectivity index (χ0n) is 10.2. The van der Waals surface area contributed by atoms with Gasteiger partial charge in [-0.15, -0.1) is 11.8 Å². The van der Waals surface area contributed by atoms with Gasteiger partial charge in [0.2, 0.25) is 5.91 Å². The SMILES string of the molecule is CC(C)(C)CC(O)CNC(=O)C1CSCN1. The minimum Gasteiger partial charge on any atom is -0.391 e. The summed E-state index contributed by atoms with van der Waals surface area (Å²) in [5.74, 6) is 1.65. The fraction of sp³-hybridized carbons (Fsp3) is 0.909. The first kappa shape index (κ1) is 13.8. The summed E-state index contributed by atoms with van der Waals surface area (Å²) in [6.07, 6.45) is 0.234. The predicted molar refractivity (Wildman–Crippen MR) is 67.3 cm³/mol. The second kappa shape index (κ2) is 5.89. The van der Waals surface area contributed by atoms with Gasteiger partial charge in [-0.3, -0.25) is 10.1 Å². The van der Waals surface area contributed by atoms with Gasteiger partial charge in [0.15, 0.2) is 0 Å². The molecular weight excluding hydrogens is 224 g/mol. The molecule has 1 rings (SSSR count). The summed E-state index contributed by atoms with van der Waals surface area (Å²) >= 11 is 1.72. The van der Waals surface area contributed by atoms with Crippen LogP contribution in [0.25, 0.3) is 0 Å². The Morgan fingerprint density at radius 2 is 2.31 bits per heavy atom. The number of carbonyl (C=O) groups is 1. The topological polar surface area (TPSA) is 61.4 Å². The number of hydrogen-bond acceptors (Lipinski definition) is 4. The van der Waals surface area contributed by atoms with Crippen LogP contribution in [0.2, 0.25) is 0 Å². The molecule has 3 N–H and O–H groups in total. The summed E-state index contributed by atoms with van der Waals surface area (Å²) in [5, 5.41) is 15.6. The first-order valence-electron chi connectivity index (χ1n) is 5.65. The summed E-state index contributed by atoms with van der Waals surface area (Å²) in [4.78, 5) is 11.6. The van der Waals surface area contributed by atoms with Gasteiger partial charge in [-0.2, -0.15) is 0 Å². The van der Waals surface area contributed by atoms with E-state index in [0.717, 1.165) is 11.6 Å². The van der Waals surface area contributed by atoms with E-state index in [1.165, 1.54) is 0 Å². The molecule has 16 heavy (non-hydrogen) atoms. The van der Waals surface area contributed by atoms with Gasteiger partial charge < -0.3 is 10.4 Å². The minimum atomic E-state index is -0.460. The summed E-state index contributed by atoms with van der Waals surface area (Å²) in [7, 11) is 0. The molecule has 0 aromatic heterocycles. The van der Waals surface area contributed by atoms with E-state index < -0.39 is 6.10 Å². The number of nitrogens with one attached hydrogen (secondary N) is 2. The Labute approximate surface area is 102 Å². The van der Waals surface area contributed by atoms with Crippen LogP contribution < -0.4 is 10.6 Å². The van der Waals surface area contributed by atoms with Crippen LogP contribution in [-0.2, 0) is 4.79 Å². The molecule has 0 spiro atoms. The van der Waals surface area contributed by atoms with Crippen molar-refractivity contribution in [2.45, 2.75) is 39.3 Å². The van der Waals surface area contributed by atoms with Crippen LogP contribution in [0.3, 0.4) is 0 Å². The van der Waals surface area contributed by atoms with Crippen molar-refractivity contribution in [1.82, 2.24) is 10.6 Å². The Hall–Kier alpha value is -0.260. The Balaban J connectivity index is 2.20. The molecule has 4 nitrogen and oxygen atoms in total. The third-order valence-corrected chi connectivity index (χ3v) is 3.33. The van der Waals surface area contributed by atoms with Gasteiger partial charge in [-0.05, 0) is 11.8 Å². The Kier molecular flexibility index (Phi) is 5.08. The third kappa shape index (κ3) is 5.18. The standard InChI is InChI=1S/C11H22N2O2S/c1-11(2,3)4-8(14)5-12-10(15)9-6-16-7-13-9/h8-9,13-14H,4-7H2,1-3H3,(H,12,15). The molecule has 0 saturated carbocycles. The fourth-order valence-corrected chi connectivity index (χ4v) is 2.63. The molecule has 2 unspecified atom stereocenters. The van der Waals surface area contributed by atoms with Crippen LogP contribution in [-0.4, -0.2) is 41.3 Å². The molecule has 0 aromatic rings. The maximum atomic E-state index is 11.6. The molecular formula is C11H22N2O2S. The zero-order valence-corrected chi connectivity index (χ0v) is 11.1. The van der Waals surface area contributed by atoms with Crippen LogP contribution >= 0.6 is 11.8 Å². The number of aliphatic hydroxyl groups is 1. The van der Waals surface area contributed by atoms with Crippen molar-refractivity contribution in [3.8, 4) is 0 Å². The van der Waals surface area contributed by atoms with Gasteiger partial charge in [0.1, 0.15) is 0 Å². The second-order valence-corrected chi connectivity index (χ2v) is 6.47. The van der Waals surface area contributed by atoms with Gasteiger partial charge in [-0.1, -0.05) is 20.8 Å². The van der Waals surface area contributed by atoms with Crippen molar-refractivity contribution in [2.75, 3.05) is 18.2 Å². The number of aliphatic hydroxyl groups excluding tert-OH is 1. The Bertz CT molecular complexity index is 235. The van der Waals surface area contributed by atoms with Gasteiger partial charge in [0.05, 0.1) is 12.1 Å². The van der Waals surface area contributed by atoms with Crippen LogP contribution in [0.5, 0.6) is 0 Å². The maximum Gasteiger partial charge on any atom is 0.238 e. The molecule has 0 radical (unpaired) electrons. The number of thioether (sulfide) groups is 1. The predicted octanol–water partition coefficient (Wildman–Crippen LogP) is 0.562. The summed E-state index contributed by atoms with van der Waals surface area (Å²) in [6.45, 7) is 6.58. The molecule has 1 amide bonds. The van der Waals surface area contributed by atoms with E-state index >= 15 is 0 Å². The molecule has 1 heterocycles. The minimum absolute atomic E-state index is 0.00189. The van der Waals surface area contributed by atoms with E-state index in [1.807, 2.05) is 0 Å². The van der Waals surface area contributed by atoms with Crippen LogP contribution in [0.4, 0.5) is 0 Å². The van der Waals surface area contributed by atoms with E-state index in [-0.39, 0.29) is 17.4 Å². The first-order valence-corrected chi connectivity index (χ1v) is 6.81. The molecule has 1 aliphatic rings. The third-order valence-electron chi connectivity index (χ3n) is 2.39. The quantitative estimate of drug-likeness (QED) is 0.678. The van der Waals surface area contributed by atoms with Gasteiger partial charge in [0, 0.05) is 18.2 Å². The summed E-state index contributed by atoms with van der Waals surface area (Å²) in [6, 6.07) is -0.0909. The van der Waals surface area contributed by atoms with E-state index in [1.54, 1.807) is 11.8 Å². The van der Waals surface area contributed by atoms with E-state index in [4.69, 9.17) is 0 Å². The smallest absolute Gasteiger partial charge is 0.238 e. The second-order valence-electron chi connectivity index (χ2n) is 5.44. The highest BCUT2D eigenvalue weighted by Gasteiger charge is 2.23. The van der Waals surface area contributed by atoms with Gasteiger partial charge in [0.25, 0.3) is 0 Å². The summed E-state index contributed by atoms with van der Waals surface area (Å²) in [5.41, 5.74) is 0.0889. The maximum absolute atomic E-state index is 11.6. The average Bonchev–Trinajstić information content (AvgIpc) is 2.64. The lowest BCUT2D eigenvalue weighted by Crippen LogP contribution is -2.45. The van der Waals surface area contributed by atoms with Gasteiger partial charge >= 0.3 is 0 Å². The number of amides is 1. The molecule has 0 aromatic carbocycles. The lowest BCUT2D eigenvalue weighted by atomic mass is 9.89. The van der Waals surface area contributed by atoms with E-state index in [0.29, 0.717) is 13.0 Å². The Morgan fingerprint density at radius 3 is 2.81 bits per heavy atom. The molecule has 1 aliphatic heterocycles. The van der Waals surface area contributed by atoms with E-state index in [2.05, 4.69) is 31.4 Å². The molecule has 1 saturated heterocycles. The van der Waals surface area contributed by atoms with Crippen LogP contribution in [0.15, 0.2) is 0 Å². The van der Waals surface area contributed by atoms with E-state index in [9.17, 15) is 9.90 Å². The number of rotatable bonds is 4. The highest BCUT2D eigenvalue weighted by Crippen LogP contribution is 2.20. The lowest BCUT2D eigenvalue weighted by Gasteiger charge is -2.22. The average molecular weight is 246 g/mol. The molecule has 0 aliphatic carbocycles. The van der Waals surface area contributed by atoms with Crippen molar-refractivity contribution in [3.05, 3.63) is 0 Å². The monoisotopic (exact) mass is 246 g/mol. The lowest BCUT2D eigenvalue weighted by molar-refractivity contribution is -0.122. The first-order chi connectivity index (χ1) is 7.38. The van der Waals surface area contributed by atoms with Crippen molar-refractivity contribution in [1.29, 1.82) is 0 Å². The molecule has 0 bridgehead atoms. The molecule has 94 valence electrons. The Morgan fingerprint density at radius 1 is 1.62 bits per heavy atom. The normalized spacial score (nSPS) is 23.1. The zero-order chi connectivity index (χ0) is 12.2. The molecule has 5 heteroatoms. The fourth-order valence-electron chi connectivity index (χ4n) is 1.68. The summed E-state index contributed by atoms with van der Waals surface area (Å²) < 4.78 is 0. The van der Waals surface area contributed by atoms with Crippen molar-refractivity contribution >= 4 is 17.7 Å². The highest BCUT2D eigenvalue weighted by atomic mass is 32.2. The van der Waals surface area contributed by atoms with Crippen molar-refractivity contribution in [3.63, 3.8) is 0 Å². The number of carbonyl (C=O) groups excluding carboxylic acids is 1. The van der Waals surface area contributed by atoms with Gasteiger partial charge in [-0.25, -0.2) is 0 Å². The molecule has 2 atom stereocenters. The highest BCUT2D eigenvalue weighted by molar-refractivity contribution is 7.99.